The average Bonchev–Trinajstić information content (AvgIpc) is 2.72. The lowest BCUT2D eigenvalue weighted by atomic mass is 10.1. The molecule has 6 heteroatoms. The van der Waals surface area contributed by atoms with Crippen LogP contribution in [0.5, 0.6) is 0 Å². The zero-order chi connectivity index (χ0) is 9.97. The first-order valence-electron chi connectivity index (χ1n) is 4.84. The monoisotopic (exact) mass is 197 g/mol. The van der Waals surface area contributed by atoms with Crippen LogP contribution in [0, 0.1) is 5.92 Å². The molecule has 14 heavy (non-hydrogen) atoms. The van der Waals surface area contributed by atoms with Gasteiger partial charge in [0.05, 0.1) is 6.10 Å². The number of nitrogens with one attached hydrogen (secondary N) is 2. The average molecular weight is 197 g/mol. The van der Waals surface area contributed by atoms with Gasteiger partial charge in [-0.3, -0.25) is 0 Å². The summed E-state index contributed by atoms with van der Waals surface area (Å²) in [7, 11) is 0. The fourth-order valence-electron chi connectivity index (χ4n) is 1.82. The van der Waals surface area contributed by atoms with Crippen LogP contribution in [0.3, 0.4) is 0 Å². The summed E-state index contributed by atoms with van der Waals surface area (Å²) in [6.45, 7) is 0.800. The molecule has 0 aliphatic heterocycles. The SMILES string of the molecule is Nc1nc(NCC2CCC(O)C2)n[nH]1. The van der Waals surface area contributed by atoms with Crippen LogP contribution in [0.2, 0.25) is 0 Å². The van der Waals surface area contributed by atoms with Crippen LogP contribution in [0.25, 0.3) is 0 Å². The largest absolute Gasteiger partial charge is 0.393 e. The molecule has 1 aromatic heterocycles. The van der Waals surface area contributed by atoms with Crippen molar-refractivity contribution in [2.75, 3.05) is 17.6 Å². The first-order chi connectivity index (χ1) is 6.74. The lowest BCUT2D eigenvalue weighted by molar-refractivity contribution is 0.178. The maximum Gasteiger partial charge on any atom is 0.243 e. The van der Waals surface area contributed by atoms with E-state index >= 15 is 0 Å². The Morgan fingerprint density at radius 3 is 3.00 bits per heavy atom. The molecule has 78 valence electrons. The van der Waals surface area contributed by atoms with E-state index in [0.29, 0.717) is 17.8 Å². The van der Waals surface area contributed by atoms with Gasteiger partial charge in [0.1, 0.15) is 0 Å². The van der Waals surface area contributed by atoms with Gasteiger partial charge in [-0.1, -0.05) is 0 Å². The van der Waals surface area contributed by atoms with Crippen molar-refractivity contribution in [1.82, 2.24) is 15.2 Å². The van der Waals surface area contributed by atoms with Gasteiger partial charge in [0, 0.05) is 6.54 Å². The van der Waals surface area contributed by atoms with E-state index < -0.39 is 0 Å². The minimum Gasteiger partial charge on any atom is -0.393 e. The van der Waals surface area contributed by atoms with Gasteiger partial charge in [-0.15, -0.1) is 5.10 Å². The number of nitrogens with zero attached hydrogens (tertiary/aromatic N) is 2. The van der Waals surface area contributed by atoms with Gasteiger partial charge in [0.2, 0.25) is 11.9 Å². The molecule has 0 amide bonds. The van der Waals surface area contributed by atoms with Gasteiger partial charge in [-0.05, 0) is 25.2 Å². The summed E-state index contributed by atoms with van der Waals surface area (Å²) in [6, 6.07) is 0. The third-order valence-electron chi connectivity index (χ3n) is 2.57. The maximum absolute atomic E-state index is 9.32. The van der Waals surface area contributed by atoms with Crippen LogP contribution in [-0.4, -0.2) is 32.9 Å². The number of rotatable bonds is 3. The molecule has 1 fully saturated rings. The summed E-state index contributed by atoms with van der Waals surface area (Å²) in [5, 5.41) is 18.8. The second kappa shape index (κ2) is 3.83. The molecule has 1 saturated carbocycles. The Hall–Kier alpha value is -1.30. The van der Waals surface area contributed by atoms with E-state index in [9.17, 15) is 5.11 Å². The van der Waals surface area contributed by atoms with E-state index in [4.69, 9.17) is 5.73 Å². The molecule has 1 aliphatic rings. The van der Waals surface area contributed by atoms with Gasteiger partial charge in [-0.25, -0.2) is 5.10 Å². The molecule has 5 N–H and O–H groups in total. The number of aliphatic hydroxyl groups is 1. The van der Waals surface area contributed by atoms with E-state index in [-0.39, 0.29) is 6.10 Å². The minimum atomic E-state index is -0.126. The van der Waals surface area contributed by atoms with Crippen molar-refractivity contribution in [3.05, 3.63) is 0 Å². The molecule has 0 saturated heterocycles. The highest BCUT2D eigenvalue weighted by Crippen LogP contribution is 2.25. The Labute approximate surface area is 81.9 Å². The van der Waals surface area contributed by atoms with Crippen LogP contribution in [0.15, 0.2) is 0 Å². The Bertz CT molecular complexity index is 300. The number of nitrogen functional groups attached to an aromatic ring is 1. The molecule has 6 nitrogen and oxygen atoms in total. The van der Waals surface area contributed by atoms with E-state index in [1.807, 2.05) is 0 Å². The van der Waals surface area contributed by atoms with Crippen LogP contribution in [0.4, 0.5) is 11.9 Å². The van der Waals surface area contributed by atoms with Crippen molar-refractivity contribution >= 4 is 11.9 Å². The molecule has 1 aliphatic carbocycles. The Morgan fingerprint density at radius 1 is 1.57 bits per heavy atom. The predicted octanol–water partition coefficient (Wildman–Crippen LogP) is -0.0402. The van der Waals surface area contributed by atoms with Crippen molar-refractivity contribution in [2.45, 2.75) is 25.4 Å². The lowest BCUT2D eigenvalue weighted by Gasteiger charge is -2.08. The van der Waals surface area contributed by atoms with Crippen molar-refractivity contribution in [3.8, 4) is 0 Å². The number of H-pyrrole nitrogens is 1. The van der Waals surface area contributed by atoms with Gasteiger partial charge < -0.3 is 16.2 Å². The van der Waals surface area contributed by atoms with Crippen molar-refractivity contribution in [1.29, 1.82) is 0 Å². The maximum atomic E-state index is 9.32. The smallest absolute Gasteiger partial charge is 0.243 e. The Morgan fingerprint density at radius 2 is 2.43 bits per heavy atom. The summed E-state index contributed by atoms with van der Waals surface area (Å²) in [6.07, 6.45) is 2.71. The molecule has 1 aromatic rings. The van der Waals surface area contributed by atoms with Crippen molar-refractivity contribution in [2.24, 2.45) is 5.92 Å². The van der Waals surface area contributed by atoms with Crippen molar-refractivity contribution < 1.29 is 5.11 Å². The van der Waals surface area contributed by atoms with E-state index in [2.05, 4.69) is 20.5 Å². The molecule has 2 atom stereocenters. The molecule has 1 heterocycles. The molecular weight excluding hydrogens is 182 g/mol. The fraction of sp³-hybridized carbons (Fsp3) is 0.750. The highest BCUT2D eigenvalue weighted by molar-refractivity contribution is 5.29. The highest BCUT2D eigenvalue weighted by atomic mass is 16.3. The van der Waals surface area contributed by atoms with Crippen LogP contribution in [0.1, 0.15) is 19.3 Å². The summed E-state index contributed by atoms with van der Waals surface area (Å²) in [5.41, 5.74) is 5.38. The van der Waals surface area contributed by atoms with E-state index in [1.54, 1.807) is 0 Å². The molecule has 0 bridgehead atoms. The number of aromatic nitrogens is 3. The second-order valence-electron chi connectivity index (χ2n) is 3.76. The van der Waals surface area contributed by atoms with E-state index in [1.165, 1.54) is 0 Å². The molecule has 0 spiro atoms. The Kier molecular flexibility index (Phi) is 2.53. The first-order valence-corrected chi connectivity index (χ1v) is 4.84. The third kappa shape index (κ3) is 2.14. The summed E-state index contributed by atoms with van der Waals surface area (Å²) >= 11 is 0. The highest BCUT2D eigenvalue weighted by Gasteiger charge is 2.22. The lowest BCUT2D eigenvalue weighted by Crippen LogP contribution is -2.13. The van der Waals surface area contributed by atoms with Gasteiger partial charge in [-0.2, -0.15) is 4.98 Å². The second-order valence-corrected chi connectivity index (χ2v) is 3.76. The zero-order valence-corrected chi connectivity index (χ0v) is 7.90. The van der Waals surface area contributed by atoms with Gasteiger partial charge in [0.25, 0.3) is 0 Å². The normalized spacial score (nSPS) is 26.6. The standard InChI is InChI=1S/C8H15N5O/c9-7-11-8(13-12-7)10-4-5-1-2-6(14)3-5/h5-6,14H,1-4H2,(H4,9,10,11,12,13). The van der Waals surface area contributed by atoms with Crippen LogP contribution < -0.4 is 11.1 Å². The Balaban J connectivity index is 1.77. The number of hydrogen-bond acceptors (Lipinski definition) is 5. The number of anilines is 2. The third-order valence-corrected chi connectivity index (χ3v) is 2.57. The van der Waals surface area contributed by atoms with Crippen LogP contribution >= 0.6 is 0 Å². The summed E-state index contributed by atoms with van der Waals surface area (Å²) in [5.74, 6) is 1.37. The molecule has 2 unspecified atom stereocenters. The molecule has 2 rings (SSSR count). The van der Waals surface area contributed by atoms with Gasteiger partial charge >= 0.3 is 0 Å². The number of aromatic amines is 1. The molecular formula is C8H15N5O. The van der Waals surface area contributed by atoms with E-state index in [0.717, 1.165) is 25.8 Å². The quantitative estimate of drug-likeness (QED) is 0.545. The predicted molar refractivity (Wildman–Crippen MR) is 52.6 cm³/mol. The molecule has 0 radical (unpaired) electrons. The zero-order valence-electron chi connectivity index (χ0n) is 7.90. The number of hydrogen-bond donors (Lipinski definition) is 4. The topological polar surface area (TPSA) is 99.8 Å². The summed E-state index contributed by atoms with van der Waals surface area (Å²) < 4.78 is 0. The first kappa shape index (κ1) is 9.26. The van der Waals surface area contributed by atoms with Gasteiger partial charge in [0.15, 0.2) is 0 Å². The minimum absolute atomic E-state index is 0.126. The number of nitrogens with two attached hydrogens (primary N) is 1. The number of aliphatic hydroxyl groups excluding tert-OH is 1. The molecule has 0 aromatic carbocycles. The fourth-order valence-corrected chi connectivity index (χ4v) is 1.82. The van der Waals surface area contributed by atoms with Crippen LogP contribution in [-0.2, 0) is 0 Å². The summed E-state index contributed by atoms with van der Waals surface area (Å²) in [4.78, 5) is 3.93. The van der Waals surface area contributed by atoms with Crippen molar-refractivity contribution in [3.63, 3.8) is 0 Å².